The van der Waals surface area contributed by atoms with Crippen LogP contribution in [0.5, 0.6) is 0 Å². The van der Waals surface area contributed by atoms with Crippen molar-refractivity contribution in [2.45, 2.75) is 37.9 Å². The molecule has 2 unspecified atom stereocenters. The Morgan fingerprint density at radius 3 is 2.61 bits per heavy atom. The first-order valence-corrected chi connectivity index (χ1v) is 8.67. The van der Waals surface area contributed by atoms with Crippen LogP contribution in [0.4, 0.5) is 13.2 Å². The summed E-state index contributed by atoms with van der Waals surface area (Å²) in [7, 11) is 0. The molecule has 1 aromatic rings. The van der Waals surface area contributed by atoms with Crippen molar-refractivity contribution < 1.29 is 18.6 Å². The summed E-state index contributed by atoms with van der Waals surface area (Å²) < 4.78 is 39.8. The van der Waals surface area contributed by atoms with Crippen LogP contribution in [0.2, 0.25) is 0 Å². The summed E-state index contributed by atoms with van der Waals surface area (Å²) in [5.41, 5.74) is 1.00. The first kappa shape index (κ1) is 22.1. The number of aromatic amines is 1. The molecule has 3 heterocycles. The maximum absolute atomic E-state index is 13.3. The van der Waals surface area contributed by atoms with Gasteiger partial charge in [0.05, 0.1) is 23.1 Å². The van der Waals surface area contributed by atoms with Crippen molar-refractivity contribution in [1.29, 1.82) is 0 Å². The summed E-state index contributed by atoms with van der Waals surface area (Å²) in [5.74, 6) is 1.19. The van der Waals surface area contributed by atoms with Crippen LogP contribution in [-0.4, -0.2) is 33.0 Å². The smallest absolute Gasteiger partial charge is 0.412 e. The van der Waals surface area contributed by atoms with Gasteiger partial charge in [-0.3, -0.25) is 0 Å². The number of benzene rings is 1. The average molecular weight is 415 g/mol. The van der Waals surface area contributed by atoms with Crippen LogP contribution in [0, 0.1) is 0 Å². The number of aromatic nitrogens is 3. The van der Waals surface area contributed by atoms with E-state index in [0.29, 0.717) is 29.0 Å². The molecule has 3 aliphatic rings. The number of halogens is 4. The highest BCUT2D eigenvalue weighted by Gasteiger charge is 2.34. The number of nitrogens with zero attached hydrogens (tertiary/aromatic N) is 2. The van der Waals surface area contributed by atoms with E-state index < -0.39 is 11.7 Å². The van der Waals surface area contributed by atoms with E-state index in [-0.39, 0.29) is 23.4 Å². The molecule has 0 amide bonds. The fraction of sp³-hybridized carbons (Fsp3) is 0.368. The molecular weight excluding hydrogens is 393 g/mol. The standard InChI is InChI=1S/C19H19F3N4.ClH.H2O/c1-11-8-12(6-7-23-11)18-24-10-17-16(26-18)9-15(25-17)13-4-2-3-5-14(13)19(20,21)22;;/h2-5,9-12,23H,6-8H2,1H3,(H,24,26);1H;1H2. The molecule has 152 valence electrons. The molecule has 0 aliphatic carbocycles. The minimum Gasteiger partial charge on any atom is -0.412 e. The third-order valence-corrected chi connectivity index (χ3v) is 4.91. The second-order valence-corrected chi connectivity index (χ2v) is 6.83. The lowest BCUT2D eigenvalue weighted by atomic mass is 9.92. The molecule has 1 aromatic carbocycles. The zero-order valence-corrected chi connectivity index (χ0v) is 16.0. The largest absolute Gasteiger partial charge is 0.417 e. The molecule has 0 radical (unpaired) electrons. The van der Waals surface area contributed by atoms with Crippen molar-refractivity contribution >= 4 is 12.4 Å². The minimum absolute atomic E-state index is 0. The van der Waals surface area contributed by atoms with Crippen LogP contribution in [0.15, 0.2) is 36.5 Å². The predicted octanol–water partition coefficient (Wildman–Crippen LogP) is 4.05. The fourth-order valence-electron chi connectivity index (χ4n) is 3.61. The van der Waals surface area contributed by atoms with Crippen LogP contribution in [0.3, 0.4) is 0 Å². The maximum atomic E-state index is 13.3. The lowest BCUT2D eigenvalue weighted by molar-refractivity contribution is -0.137. The number of fused-ring (bicyclic) bond motifs is 1. The highest BCUT2D eigenvalue weighted by atomic mass is 35.5. The third-order valence-electron chi connectivity index (χ3n) is 4.91. The van der Waals surface area contributed by atoms with Gasteiger partial charge in [-0.1, -0.05) is 18.2 Å². The Morgan fingerprint density at radius 2 is 1.89 bits per heavy atom. The van der Waals surface area contributed by atoms with E-state index in [1.54, 1.807) is 18.3 Å². The van der Waals surface area contributed by atoms with Gasteiger partial charge in [-0.15, -0.1) is 12.4 Å². The summed E-state index contributed by atoms with van der Waals surface area (Å²) >= 11 is 0. The maximum Gasteiger partial charge on any atom is 0.417 e. The van der Waals surface area contributed by atoms with Crippen LogP contribution >= 0.6 is 12.4 Å². The second-order valence-electron chi connectivity index (χ2n) is 6.83. The first-order chi connectivity index (χ1) is 12.4. The number of piperidine rings is 1. The van der Waals surface area contributed by atoms with E-state index in [1.807, 2.05) is 0 Å². The monoisotopic (exact) mass is 414 g/mol. The van der Waals surface area contributed by atoms with Crippen molar-refractivity contribution in [2.75, 3.05) is 6.54 Å². The lowest BCUT2D eigenvalue weighted by Crippen LogP contribution is -2.35. The second kappa shape index (κ2) is 8.46. The molecule has 1 fully saturated rings. The molecule has 0 bridgehead atoms. The molecule has 0 spiro atoms. The number of H-pyrrole nitrogens is 1. The van der Waals surface area contributed by atoms with Gasteiger partial charge < -0.3 is 15.8 Å². The summed E-state index contributed by atoms with van der Waals surface area (Å²) in [5, 5.41) is 3.40. The molecule has 3 aliphatic heterocycles. The van der Waals surface area contributed by atoms with Gasteiger partial charge in [0.15, 0.2) is 0 Å². The summed E-state index contributed by atoms with van der Waals surface area (Å²) in [6.07, 6.45) is -0.808. The highest BCUT2D eigenvalue weighted by molar-refractivity contribution is 5.85. The van der Waals surface area contributed by atoms with Crippen molar-refractivity contribution in [3.05, 3.63) is 47.9 Å². The van der Waals surface area contributed by atoms with Gasteiger partial charge >= 0.3 is 6.18 Å². The number of nitrogens with one attached hydrogen (secondary N) is 2. The number of hydrogen-bond donors (Lipinski definition) is 2. The summed E-state index contributed by atoms with van der Waals surface area (Å²) in [6, 6.07) is 7.61. The molecule has 1 saturated heterocycles. The van der Waals surface area contributed by atoms with E-state index in [4.69, 9.17) is 0 Å². The van der Waals surface area contributed by atoms with E-state index in [2.05, 4.69) is 27.2 Å². The van der Waals surface area contributed by atoms with E-state index in [0.717, 1.165) is 31.3 Å². The molecule has 0 saturated carbocycles. The average Bonchev–Trinajstić information content (AvgIpc) is 3.04. The molecule has 5 nitrogen and oxygen atoms in total. The Bertz CT molecular complexity index is 899. The van der Waals surface area contributed by atoms with Gasteiger partial charge in [-0.05, 0) is 38.4 Å². The number of hydrogen-bond acceptors (Lipinski definition) is 3. The molecule has 2 atom stereocenters. The lowest BCUT2D eigenvalue weighted by Gasteiger charge is -2.27. The summed E-state index contributed by atoms with van der Waals surface area (Å²) in [6.45, 7) is 3.07. The summed E-state index contributed by atoms with van der Waals surface area (Å²) in [4.78, 5) is 12.1. The third kappa shape index (κ3) is 4.29. The Morgan fingerprint density at radius 1 is 1.14 bits per heavy atom. The van der Waals surface area contributed by atoms with Crippen molar-refractivity contribution in [1.82, 2.24) is 20.3 Å². The fourth-order valence-corrected chi connectivity index (χ4v) is 3.61. The predicted molar refractivity (Wildman–Crippen MR) is 104 cm³/mol. The zero-order chi connectivity index (χ0) is 18.3. The van der Waals surface area contributed by atoms with Crippen molar-refractivity contribution in [3.8, 4) is 22.6 Å². The SMILES string of the molecule is CC1CC(c2ncc3nc(-c4ccccc4C(F)(F)F)cc-3[nH]2)CCN1.Cl.O. The normalized spacial score (nSPS) is 19.7. The van der Waals surface area contributed by atoms with Crippen LogP contribution < -0.4 is 5.32 Å². The van der Waals surface area contributed by atoms with E-state index in [1.165, 1.54) is 12.1 Å². The van der Waals surface area contributed by atoms with Crippen LogP contribution in [-0.2, 0) is 6.18 Å². The van der Waals surface area contributed by atoms with E-state index >= 15 is 0 Å². The Balaban J connectivity index is 0.00000140. The zero-order valence-electron chi connectivity index (χ0n) is 15.2. The molecule has 9 heteroatoms. The Hall–Kier alpha value is -2.16. The van der Waals surface area contributed by atoms with Crippen LogP contribution in [0.1, 0.15) is 37.1 Å². The minimum atomic E-state index is -4.42. The van der Waals surface area contributed by atoms with Gasteiger partial charge in [-0.25, -0.2) is 9.97 Å². The molecular formula is C19H22ClF3N4O. The molecule has 4 N–H and O–H groups in total. The Labute approximate surface area is 166 Å². The number of alkyl halides is 3. The van der Waals surface area contributed by atoms with Crippen molar-refractivity contribution in [2.24, 2.45) is 0 Å². The van der Waals surface area contributed by atoms with Gasteiger partial charge in [0.1, 0.15) is 11.5 Å². The van der Waals surface area contributed by atoms with Gasteiger partial charge in [0.2, 0.25) is 0 Å². The van der Waals surface area contributed by atoms with Gasteiger partial charge in [0.25, 0.3) is 0 Å². The molecule has 28 heavy (non-hydrogen) atoms. The first-order valence-electron chi connectivity index (χ1n) is 8.67. The quantitative estimate of drug-likeness (QED) is 0.663. The number of rotatable bonds is 2. The topological polar surface area (TPSA) is 85.1 Å². The van der Waals surface area contributed by atoms with Gasteiger partial charge in [-0.2, -0.15) is 13.2 Å². The molecule has 4 rings (SSSR count). The van der Waals surface area contributed by atoms with Crippen molar-refractivity contribution in [3.63, 3.8) is 0 Å². The van der Waals surface area contributed by atoms with Gasteiger partial charge in [0, 0.05) is 17.5 Å². The molecule has 0 aromatic heterocycles. The highest BCUT2D eigenvalue weighted by Crippen LogP contribution is 2.38. The van der Waals surface area contributed by atoms with E-state index in [9.17, 15) is 13.2 Å². The Kier molecular flexibility index (Phi) is 6.69. The van der Waals surface area contributed by atoms with Crippen LogP contribution in [0.25, 0.3) is 22.6 Å².